The highest BCUT2D eigenvalue weighted by molar-refractivity contribution is 4.90. The SMILES string of the molecule is CC1CN2CCCC2CN1CCCCNC1CC1. The van der Waals surface area contributed by atoms with Gasteiger partial charge in [-0.3, -0.25) is 9.80 Å². The van der Waals surface area contributed by atoms with Gasteiger partial charge in [0.05, 0.1) is 0 Å². The quantitative estimate of drug-likeness (QED) is 0.725. The first kappa shape index (κ1) is 12.9. The molecule has 18 heavy (non-hydrogen) atoms. The molecule has 0 amide bonds. The molecule has 3 fully saturated rings. The van der Waals surface area contributed by atoms with Crippen LogP contribution < -0.4 is 5.32 Å². The van der Waals surface area contributed by atoms with Crippen molar-refractivity contribution >= 4 is 0 Å². The fourth-order valence-corrected chi connectivity index (χ4v) is 3.59. The zero-order valence-electron chi connectivity index (χ0n) is 11.9. The summed E-state index contributed by atoms with van der Waals surface area (Å²) in [6.45, 7) is 8.97. The van der Waals surface area contributed by atoms with Crippen molar-refractivity contribution in [2.24, 2.45) is 0 Å². The van der Waals surface area contributed by atoms with Crippen LogP contribution >= 0.6 is 0 Å². The third kappa shape index (κ3) is 3.25. The smallest absolute Gasteiger partial charge is 0.0224 e. The van der Waals surface area contributed by atoms with Gasteiger partial charge in [-0.15, -0.1) is 0 Å². The summed E-state index contributed by atoms with van der Waals surface area (Å²) in [5.74, 6) is 0. The van der Waals surface area contributed by atoms with Gasteiger partial charge >= 0.3 is 0 Å². The van der Waals surface area contributed by atoms with Crippen LogP contribution in [0.25, 0.3) is 0 Å². The van der Waals surface area contributed by atoms with E-state index >= 15 is 0 Å². The lowest BCUT2D eigenvalue weighted by Gasteiger charge is -2.42. The van der Waals surface area contributed by atoms with Crippen LogP contribution in [0.2, 0.25) is 0 Å². The van der Waals surface area contributed by atoms with Gasteiger partial charge in [-0.25, -0.2) is 0 Å². The average Bonchev–Trinajstić information content (AvgIpc) is 3.07. The highest BCUT2D eigenvalue weighted by atomic mass is 15.3. The van der Waals surface area contributed by atoms with Gasteiger partial charge in [0, 0.05) is 31.2 Å². The molecule has 1 aliphatic carbocycles. The molecule has 1 saturated carbocycles. The van der Waals surface area contributed by atoms with Crippen molar-refractivity contribution in [2.75, 3.05) is 32.7 Å². The van der Waals surface area contributed by atoms with E-state index in [0.29, 0.717) is 0 Å². The first-order valence-corrected chi connectivity index (χ1v) is 8.04. The van der Waals surface area contributed by atoms with Crippen LogP contribution in [0.5, 0.6) is 0 Å². The van der Waals surface area contributed by atoms with E-state index in [1.54, 1.807) is 0 Å². The largest absolute Gasteiger partial charge is 0.314 e. The predicted molar refractivity (Wildman–Crippen MR) is 75.9 cm³/mol. The molecule has 3 nitrogen and oxygen atoms in total. The number of hydrogen-bond acceptors (Lipinski definition) is 3. The van der Waals surface area contributed by atoms with Crippen LogP contribution in [0, 0.1) is 0 Å². The predicted octanol–water partition coefficient (Wildman–Crippen LogP) is 1.69. The number of fused-ring (bicyclic) bond motifs is 1. The minimum atomic E-state index is 0.774. The van der Waals surface area contributed by atoms with Gasteiger partial charge in [-0.2, -0.15) is 0 Å². The van der Waals surface area contributed by atoms with Gasteiger partial charge in [0.2, 0.25) is 0 Å². The second-order valence-electron chi connectivity index (χ2n) is 6.57. The maximum Gasteiger partial charge on any atom is 0.0224 e. The normalized spacial score (nSPS) is 33.8. The topological polar surface area (TPSA) is 18.5 Å². The number of nitrogens with zero attached hydrogens (tertiary/aromatic N) is 2. The van der Waals surface area contributed by atoms with Gasteiger partial charge in [0.15, 0.2) is 0 Å². The number of unbranched alkanes of at least 4 members (excludes halogenated alkanes) is 1. The van der Waals surface area contributed by atoms with Crippen molar-refractivity contribution in [2.45, 2.75) is 63.6 Å². The Labute approximate surface area is 112 Å². The van der Waals surface area contributed by atoms with Crippen molar-refractivity contribution in [1.82, 2.24) is 15.1 Å². The monoisotopic (exact) mass is 251 g/mol. The Bertz CT molecular complexity index is 264. The van der Waals surface area contributed by atoms with E-state index in [2.05, 4.69) is 22.0 Å². The average molecular weight is 251 g/mol. The highest BCUT2D eigenvalue weighted by Gasteiger charge is 2.33. The van der Waals surface area contributed by atoms with E-state index < -0.39 is 0 Å². The molecule has 2 aliphatic heterocycles. The molecule has 1 N–H and O–H groups in total. The molecule has 3 aliphatic rings. The molecule has 0 radical (unpaired) electrons. The number of nitrogens with one attached hydrogen (secondary N) is 1. The van der Waals surface area contributed by atoms with Gasteiger partial charge < -0.3 is 5.32 Å². The Morgan fingerprint density at radius 1 is 1.11 bits per heavy atom. The summed E-state index contributed by atoms with van der Waals surface area (Å²) in [6, 6.07) is 2.53. The zero-order valence-corrected chi connectivity index (χ0v) is 11.9. The first-order chi connectivity index (χ1) is 8.83. The van der Waals surface area contributed by atoms with E-state index in [1.807, 2.05) is 0 Å². The van der Waals surface area contributed by atoms with Gasteiger partial charge in [-0.05, 0) is 65.1 Å². The maximum atomic E-state index is 3.62. The minimum Gasteiger partial charge on any atom is -0.314 e. The summed E-state index contributed by atoms with van der Waals surface area (Å²) in [6.07, 6.45) is 8.43. The van der Waals surface area contributed by atoms with Crippen molar-refractivity contribution in [3.05, 3.63) is 0 Å². The van der Waals surface area contributed by atoms with E-state index in [-0.39, 0.29) is 0 Å². The van der Waals surface area contributed by atoms with Crippen LogP contribution in [0.4, 0.5) is 0 Å². The fraction of sp³-hybridized carbons (Fsp3) is 1.00. The second kappa shape index (κ2) is 5.89. The molecule has 2 saturated heterocycles. The molecule has 2 unspecified atom stereocenters. The summed E-state index contributed by atoms with van der Waals surface area (Å²) < 4.78 is 0. The van der Waals surface area contributed by atoms with Crippen molar-refractivity contribution in [3.8, 4) is 0 Å². The summed E-state index contributed by atoms with van der Waals surface area (Å²) in [5.41, 5.74) is 0. The van der Waals surface area contributed by atoms with Crippen LogP contribution in [0.15, 0.2) is 0 Å². The molecule has 0 bridgehead atoms. The van der Waals surface area contributed by atoms with E-state index in [1.165, 1.54) is 71.2 Å². The molecule has 0 spiro atoms. The molecule has 3 heteroatoms. The number of piperazine rings is 1. The molecule has 0 aromatic heterocycles. The summed E-state index contributed by atoms with van der Waals surface area (Å²) in [5, 5.41) is 3.62. The van der Waals surface area contributed by atoms with Crippen molar-refractivity contribution < 1.29 is 0 Å². The Hall–Kier alpha value is -0.120. The van der Waals surface area contributed by atoms with Crippen LogP contribution in [0.3, 0.4) is 0 Å². The number of hydrogen-bond donors (Lipinski definition) is 1. The Morgan fingerprint density at radius 3 is 2.83 bits per heavy atom. The minimum absolute atomic E-state index is 0.774. The van der Waals surface area contributed by atoms with Crippen LogP contribution in [-0.2, 0) is 0 Å². The Morgan fingerprint density at radius 2 is 2.00 bits per heavy atom. The maximum absolute atomic E-state index is 3.62. The standard InChI is InChI=1S/C15H29N3/c1-13-11-18-10-4-5-15(18)12-17(13)9-3-2-8-16-14-6-7-14/h13-16H,2-12H2,1H3. The lowest BCUT2D eigenvalue weighted by Crippen LogP contribution is -2.55. The molecule has 2 atom stereocenters. The molecule has 3 rings (SSSR count). The van der Waals surface area contributed by atoms with E-state index in [0.717, 1.165) is 18.1 Å². The van der Waals surface area contributed by atoms with E-state index in [4.69, 9.17) is 0 Å². The summed E-state index contributed by atoms with van der Waals surface area (Å²) >= 11 is 0. The Balaban J connectivity index is 1.33. The van der Waals surface area contributed by atoms with Gasteiger partial charge in [-0.1, -0.05) is 0 Å². The summed E-state index contributed by atoms with van der Waals surface area (Å²) in [7, 11) is 0. The van der Waals surface area contributed by atoms with Crippen LogP contribution in [0.1, 0.15) is 45.4 Å². The molecule has 2 heterocycles. The molecule has 0 aromatic carbocycles. The van der Waals surface area contributed by atoms with Crippen LogP contribution in [-0.4, -0.2) is 60.6 Å². The molecular weight excluding hydrogens is 222 g/mol. The first-order valence-electron chi connectivity index (χ1n) is 8.04. The zero-order chi connectivity index (χ0) is 12.4. The Kier molecular flexibility index (Phi) is 4.22. The second-order valence-corrected chi connectivity index (χ2v) is 6.57. The fourth-order valence-electron chi connectivity index (χ4n) is 3.59. The lowest BCUT2D eigenvalue weighted by molar-refractivity contribution is 0.0584. The van der Waals surface area contributed by atoms with Gasteiger partial charge in [0.25, 0.3) is 0 Å². The highest BCUT2D eigenvalue weighted by Crippen LogP contribution is 2.24. The summed E-state index contributed by atoms with van der Waals surface area (Å²) in [4.78, 5) is 5.46. The third-order valence-corrected chi connectivity index (χ3v) is 4.95. The van der Waals surface area contributed by atoms with Crippen molar-refractivity contribution in [3.63, 3.8) is 0 Å². The third-order valence-electron chi connectivity index (χ3n) is 4.95. The van der Waals surface area contributed by atoms with Gasteiger partial charge in [0.1, 0.15) is 0 Å². The van der Waals surface area contributed by atoms with Crippen molar-refractivity contribution in [1.29, 1.82) is 0 Å². The number of rotatable bonds is 6. The lowest BCUT2D eigenvalue weighted by atomic mass is 10.1. The van der Waals surface area contributed by atoms with E-state index in [9.17, 15) is 0 Å². The molecule has 104 valence electrons. The molecule has 0 aromatic rings. The molecular formula is C15H29N3.